The van der Waals surface area contributed by atoms with Gasteiger partial charge in [-0.3, -0.25) is 4.72 Å². The fourth-order valence-corrected chi connectivity index (χ4v) is 2.81. The zero-order valence-electron chi connectivity index (χ0n) is 12.6. The summed E-state index contributed by atoms with van der Waals surface area (Å²) in [6, 6.07) is 3.64. The second-order valence-corrected chi connectivity index (χ2v) is 8.00. The molecule has 0 fully saturated rings. The van der Waals surface area contributed by atoms with Crippen molar-refractivity contribution in [3.63, 3.8) is 0 Å². The third-order valence-electron chi connectivity index (χ3n) is 2.78. The second-order valence-electron chi connectivity index (χ2n) is 5.90. The summed E-state index contributed by atoms with van der Waals surface area (Å²) in [4.78, 5) is 0. The van der Waals surface area contributed by atoms with Crippen LogP contribution in [0.25, 0.3) is 0 Å². The van der Waals surface area contributed by atoms with Crippen LogP contribution in [0.3, 0.4) is 0 Å². The van der Waals surface area contributed by atoms with Crippen LogP contribution in [0.1, 0.15) is 57.7 Å². The minimum atomic E-state index is -4.40. The van der Waals surface area contributed by atoms with Crippen LogP contribution < -0.4 is 4.72 Å². The molecule has 6 heteroatoms. The first-order valence-electron chi connectivity index (χ1n) is 6.84. The van der Waals surface area contributed by atoms with Crippen molar-refractivity contribution >= 4 is 23.5 Å². The average Bonchev–Trinajstić information content (AvgIpc) is 2.32. The lowest BCUT2D eigenvalue weighted by Crippen LogP contribution is -2.24. The molecule has 1 nitrogen and oxygen atoms in total. The van der Waals surface area contributed by atoms with Crippen LogP contribution in [-0.2, 0) is 6.18 Å². The van der Waals surface area contributed by atoms with E-state index in [1.165, 1.54) is 24.1 Å². The maximum atomic E-state index is 13.2. The van der Waals surface area contributed by atoms with Gasteiger partial charge in [-0.25, -0.2) is 0 Å². The SMILES string of the molecule is CCCC(NSC(C)(C)C)c1ccc(Cl)cc1C(F)(F)F. The topological polar surface area (TPSA) is 12.0 Å². The van der Waals surface area contributed by atoms with Crippen LogP contribution in [0.5, 0.6) is 0 Å². The zero-order valence-corrected chi connectivity index (χ0v) is 14.2. The highest BCUT2D eigenvalue weighted by Crippen LogP contribution is 2.38. The van der Waals surface area contributed by atoms with Gasteiger partial charge in [0.1, 0.15) is 0 Å². The van der Waals surface area contributed by atoms with Gasteiger partial charge in [0.25, 0.3) is 0 Å². The highest BCUT2D eigenvalue weighted by molar-refractivity contribution is 7.98. The first-order chi connectivity index (χ1) is 9.54. The van der Waals surface area contributed by atoms with Gasteiger partial charge >= 0.3 is 6.18 Å². The molecule has 0 aromatic heterocycles. The molecule has 0 spiro atoms. The molecular weight excluding hydrogens is 319 g/mol. The van der Waals surface area contributed by atoms with Crippen LogP contribution in [0.15, 0.2) is 18.2 Å². The van der Waals surface area contributed by atoms with Gasteiger partial charge in [0, 0.05) is 15.8 Å². The molecule has 0 bridgehead atoms. The molecule has 1 atom stereocenters. The number of benzene rings is 1. The van der Waals surface area contributed by atoms with Crippen LogP contribution in [-0.4, -0.2) is 4.75 Å². The summed E-state index contributed by atoms with van der Waals surface area (Å²) in [5.74, 6) is 0. The third-order valence-corrected chi connectivity index (χ3v) is 4.03. The van der Waals surface area contributed by atoms with Gasteiger partial charge in [0.15, 0.2) is 0 Å². The average molecular weight is 340 g/mol. The fraction of sp³-hybridized carbons (Fsp3) is 0.600. The lowest BCUT2D eigenvalue weighted by atomic mass is 9.97. The van der Waals surface area contributed by atoms with E-state index < -0.39 is 11.7 Å². The van der Waals surface area contributed by atoms with Gasteiger partial charge in [-0.05, 0) is 44.9 Å². The quantitative estimate of drug-likeness (QED) is 0.637. The molecule has 1 unspecified atom stereocenters. The summed E-state index contributed by atoms with van der Waals surface area (Å²) in [7, 11) is 0. The van der Waals surface area contributed by atoms with Crippen molar-refractivity contribution in [1.82, 2.24) is 4.72 Å². The van der Waals surface area contributed by atoms with Gasteiger partial charge in [-0.1, -0.05) is 43.0 Å². The van der Waals surface area contributed by atoms with Crippen molar-refractivity contribution in [1.29, 1.82) is 0 Å². The monoisotopic (exact) mass is 339 g/mol. The van der Waals surface area contributed by atoms with E-state index in [9.17, 15) is 13.2 Å². The number of rotatable bonds is 5. The van der Waals surface area contributed by atoms with E-state index in [4.69, 9.17) is 11.6 Å². The maximum absolute atomic E-state index is 13.2. The lowest BCUT2D eigenvalue weighted by molar-refractivity contribution is -0.138. The highest BCUT2D eigenvalue weighted by atomic mass is 35.5. The predicted octanol–water partition coefficient (Wildman–Crippen LogP) is 6.24. The van der Waals surface area contributed by atoms with E-state index >= 15 is 0 Å². The van der Waals surface area contributed by atoms with Gasteiger partial charge in [-0.15, -0.1) is 0 Å². The molecule has 0 aliphatic carbocycles. The summed E-state index contributed by atoms with van der Waals surface area (Å²) < 4.78 is 42.7. The smallest absolute Gasteiger partial charge is 0.256 e. The van der Waals surface area contributed by atoms with Crippen molar-refractivity contribution in [2.75, 3.05) is 0 Å². The van der Waals surface area contributed by atoms with E-state index in [0.29, 0.717) is 6.42 Å². The molecule has 1 rings (SSSR count). The number of halogens is 4. The van der Waals surface area contributed by atoms with E-state index in [1.54, 1.807) is 0 Å². The van der Waals surface area contributed by atoms with Crippen molar-refractivity contribution in [3.8, 4) is 0 Å². The number of alkyl halides is 3. The Balaban J connectivity index is 3.13. The summed E-state index contributed by atoms with van der Waals surface area (Å²) in [5, 5.41) is 0.102. The molecule has 120 valence electrons. The Hall–Kier alpha value is -0.390. The molecule has 0 amide bonds. The molecule has 1 aromatic carbocycles. The van der Waals surface area contributed by atoms with Gasteiger partial charge in [0.2, 0.25) is 0 Å². The van der Waals surface area contributed by atoms with E-state index in [-0.39, 0.29) is 21.4 Å². The van der Waals surface area contributed by atoms with Crippen molar-refractivity contribution in [2.45, 2.75) is 57.5 Å². The molecule has 0 saturated heterocycles. The second kappa shape index (κ2) is 7.25. The Bertz CT molecular complexity index is 469. The first-order valence-corrected chi connectivity index (χ1v) is 8.04. The summed E-state index contributed by atoms with van der Waals surface area (Å²) in [5.41, 5.74) is -0.402. The largest absolute Gasteiger partial charge is 0.416 e. The van der Waals surface area contributed by atoms with Crippen molar-refractivity contribution in [2.24, 2.45) is 0 Å². The Kier molecular flexibility index (Phi) is 6.44. The van der Waals surface area contributed by atoms with Gasteiger partial charge in [-0.2, -0.15) is 13.2 Å². The molecule has 0 aliphatic rings. The highest BCUT2D eigenvalue weighted by Gasteiger charge is 2.35. The third kappa shape index (κ3) is 6.09. The Morgan fingerprint density at radius 2 is 1.86 bits per heavy atom. The Morgan fingerprint density at radius 1 is 1.24 bits per heavy atom. The van der Waals surface area contributed by atoms with Crippen molar-refractivity contribution < 1.29 is 13.2 Å². The van der Waals surface area contributed by atoms with E-state index in [0.717, 1.165) is 12.5 Å². The number of nitrogens with one attached hydrogen (secondary N) is 1. The molecule has 0 radical (unpaired) electrons. The van der Waals surface area contributed by atoms with E-state index in [2.05, 4.69) is 4.72 Å². The lowest BCUT2D eigenvalue weighted by Gasteiger charge is -2.26. The summed E-state index contributed by atoms with van der Waals surface area (Å²) >= 11 is 7.18. The zero-order chi connectivity index (χ0) is 16.3. The molecular formula is C15H21ClF3NS. The van der Waals surface area contributed by atoms with Gasteiger partial charge in [0.05, 0.1) is 5.56 Å². The summed E-state index contributed by atoms with van der Waals surface area (Å²) in [6.45, 7) is 8.00. The minimum absolute atomic E-state index is 0.0726. The fourth-order valence-electron chi connectivity index (χ4n) is 1.89. The molecule has 21 heavy (non-hydrogen) atoms. The van der Waals surface area contributed by atoms with Crippen LogP contribution in [0.4, 0.5) is 13.2 Å². The van der Waals surface area contributed by atoms with Crippen LogP contribution in [0, 0.1) is 0 Å². The predicted molar refractivity (Wildman–Crippen MR) is 84.6 cm³/mol. The molecule has 0 aliphatic heterocycles. The molecule has 1 N–H and O–H groups in total. The Labute approximate surface area is 133 Å². The standard InChI is InChI=1S/C15H21ClF3NS/c1-5-6-13(20-21-14(2,3)4)11-8-7-10(16)9-12(11)15(17,18)19/h7-9,13,20H,5-6H2,1-4H3. The van der Waals surface area contributed by atoms with Crippen LogP contribution in [0.2, 0.25) is 5.02 Å². The minimum Gasteiger partial charge on any atom is -0.256 e. The Morgan fingerprint density at radius 3 is 2.33 bits per heavy atom. The summed E-state index contributed by atoms with van der Waals surface area (Å²) in [6.07, 6.45) is -2.98. The maximum Gasteiger partial charge on any atom is 0.416 e. The number of hydrogen-bond acceptors (Lipinski definition) is 2. The van der Waals surface area contributed by atoms with Crippen LogP contribution >= 0.6 is 23.5 Å². The molecule has 0 saturated carbocycles. The first kappa shape index (κ1) is 18.7. The number of hydrogen-bond donors (Lipinski definition) is 1. The van der Waals surface area contributed by atoms with E-state index in [1.807, 2.05) is 27.7 Å². The molecule has 0 heterocycles. The normalized spacial score (nSPS) is 14.3. The molecule has 1 aromatic rings. The van der Waals surface area contributed by atoms with Gasteiger partial charge < -0.3 is 0 Å². The van der Waals surface area contributed by atoms with Crippen molar-refractivity contribution in [3.05, 3.63) is 34.3 Å².